The van der Waals surface area contributed by atoms with Crippen molar-refractivity contribution < 1.29 is 56.0 Å². The van der Waals surface area contributed by atoms with Crippen LogP contribution in [0.25, 0.3) is 11.3 Å². The Morgan fingerprint density at radius 3 is 2.03 bits per heavy atom. The summed E-state index contributed by atoms with van der Waals surface area (Å²) in [4.78, 5) is 22.3. The second-order valence-corrected chi connectivity index (χ2v) is 5.84. The molecule has 0 unspecified atom stereocenters. The summed E-state index contributed by atoms with van der Waals surface area (Å²) in [7, 11) is 0. The summed E-state index contributed by atoms with van der Waals surface area (Å²) in [6.07, 6.45) is -10.2. The summed E-state index contributed by atoms with van der Waals surface area (Å²) >= 11 is 0. The van der Waals surface area contributed by atoms with Gasteiger partial charge in [-0.05, 0) is 18.2 Å². The summed E-state index contributed by atoms with van der Waals surface area (Å²) in [5, 5.41) is 27.0. The van der Waals surface area contributed by atoms with Gasteiger partial charge in [0.05, 0.1) is 5.69 Å². The largest absolute Gasteiger partial charge is 0.508 e. The Kier molecular flexibility index (Phi) is 9.25. The van der Waals surface area contributed by atoms with Gasteiger partial charge in [0.2, 0.25) is 5.88 Å². The molecular formula is C18H16F6N2O6. The SMILES string of the molecule is O=C(O)C(F)(F)F.O=C(O)C(F)(F)F.Oc1cccc(-c2ccc3c(n2)OCCNC3)c1. The van der Waals surface area contributed by atoms with Crippen LogP contribution in [0, 0.1) is 0 Å². The lowest BCUT2D eigenvalue weighted by molar-refractivity contribution is -0.193. The Morgan fingerprint density at radius 2 is 1.53 bits per heavy atom. The van der Waals surface area contributed by atoms with Gasteiger partial charge in [-0.2, -0.15) is 26.3 Å². The Morgan fingerprint density at radius 1 is 0.969 bits per heavy atom. The number of aromatic nitrogens is 1. The van der Waals surface area contributed by atoms with Crippen molar-refractivity contribution in [2.45, 2.75) is 18.9 Å². The Hall–Kier alpha value is -3.55. The zero-order valence-corrected chi connectivity index (χ0v) is 15.9. The van der Waals surface area contributed by atoms with E-state index in [9.17, 15) is 31.4 Å². The topological polar surface area (TPSA) is 129 Å². The number of phenolic OH excluding ortho intramolecular Hbond substituents is 1. The molecule has 3 rings (SSSR count). The number of hydrogen-bond donors (Lipinski definition) is 4. The Balaban J connectivity index is 0.000000305. The van der Waals surface area contributed by atoms with Gasteiger partial charge < -0.3 is 25.4 Å². The third-order valence-corrected chi connectivity index (χ3v) is 3.40. The van der Waals surface area contributed by atoms with Crippen LogP contribution < -0.4 is 10.1 Å². The van der Waals surface area contributed by atoms with Crippen molar-refractivity contribution in [2.75, 3.05) is 13.2 Å². The highest BCUT2D eigenvalue weighted by atomic mass is 19.4. The van der Waals surface area contributed by atoms with Gasteiger partial charge in [-0.3, -0.25) is 0 Å². The van der Waals surface area contributed by atoms with Crippen molar-refractivity contribution in [3.63, 3.8) is 0 Å². The molecule has 14 heteroatoms. The lowest BCUT2D eigenvalue weighted by Crippen LogP contribution is -2.21. The molecule has 0 fully saturated rings. The van der Waals surface area contributed by atoms with Crippen molar-refractivity contribution in [2.24, 2.45) is 0 Å². The summed E-state index contributed by atoms with van der Waals surface area (Å²) < 4.78 is 69.1. The van der Waals surface area contributed by atoms with Gasteiger partial charge in [0, 0.05) is 24.2 Å². The minimum Gasteiger partial charge on any atom is -0.508 e. The number of aromatic hydroxyl groups is 1. The average Bonchev–Trinajstić information content (AvgIpc) is 2.92. The van der Waals surface area contributed by atoms with Crippen molar-refractivity contribution in [3.05, 3.63) is 42.0 Å². The molecular weight excluding hydrogens is 454 g/mol. The zero-order valence-electron chi connectivity index (χ0n) is 15.9. The fourth-order valence-corrected chi connectivity index (χ4v) is 2.00. The second kappa shape index (κ2) is 11.2. The number of phenols is 1. The van der Waals surface area contributed by atoms with Crippen LogP contribution in [0.4, 0.5) is 26.3 Å². The van der Waals surface area contributed by atoms with Crippen LogP contribution in [0.5, 0.6) is 11.6 Å². The van der Waals surface area contributed by atoms with Gasteiger partial charge in [-0.25, -0.2) is 14.6 Å². The van der Waals surface area contributed by atoms with Crippen LogP contribution in [0.2, 0.25) is 0 Å². The number of carboxylic acid groups (broad SMARTS) is 2. The maximum absolute atomic E-state index is 10.6. The zero-order chi connectivity index (χ0) is 24.5. The van der Waals surface area contributed by atoms with Crippen molar-refractivity contribution in [1.29, 1.82) is 0 Å². The molecule has 2 aromatic rings. The number of carboxylic acids is 2. The Labute approximate surface area is 176 Å². The minimum absolute atomic E-state index is 0.242. The monoisotopic (exact) mass is 470 g/mol. The minimum atomic E-state index is -5.08. The predicted octanol–water partition coefficient (Wildman–Crippen LogP) is 3.20. The van der Waals surface area contributed by atoms with Crippen molar-refractivity contribution in [3.8, 4) is 22.9 Å². The van der Waals surface area contributed by atoms with Crippen LogP contribution >= 0.6 is 0 Å². The lowest BCUT2D eigenvalue weighted by atomic mass is 10.1. The standard InChI is InChI=1S/C14H14N2O2.2C2HF3O2/c17-12-3-1-2-10(8-12)13-5-4-11-9-15-6-7-18-14(11)16-13;2*3-2(4,5)1(6)7/h1-5,8,15,17H,6-7,9H2;2*(H,6,7). The number of pyridine rings is 1. The Bertz CT molecular complexity index is 909. The van der Waals surface area contributed by atoms with Gasteiger partial charge >= 0.3 is 24.3 Å². The van der Waals surface area contributed by atoms with E-state index in [1.165, 1.54) is 0 Å². The van der Waals surface area contributed by atoms with E-state index in [0.29, 0.717) is 12.5 Å². The third kappa shape index (κ3) is 9.07. The molecule has 32 heavy (non-hydrogen) atoms. The van der Waals surface area contributed by atoms with E-state index in [4.69, 9.17) is 24.5 Å². The van der Waals surface area contributed by atoms with Gasteiger partial charge in [0.1, 0.15) is 12.4 Å². The van der Waals surface area contributed by atoms with Gasteiger partial charge in [-0.15, -0.1) is 0 Å². The molecule has 4 N–H and O–H groups in total. The molecule has 8 nitrogen and oxygen atoms in total. The molecule has 1 aliphatic rings. The number of benzene rings is 1. The molecule has 0 radical (unpaired) electrons. The number of rotatable bonds is 1. The molecule has 1 aromatic carbocycles. The summed E-state index contributed by atoms with van der Waals surface area (Å²) in [6.45, 7) is 2.24. The van der Waals surface area contributed by atoms with E-state index < -0.39 is 24.3 Å². The first-order chi connectivity index (χ1) is 14.7. The van der Waals surface area contributed by atoms with Gasteiger partial charge in [-0.1, -0.05) is 18.2 Å². The summed E-state index contributed by atoms with van der Waals surface area (Å²) in [6, 6.07) is 11.0. The number of ether oxygens (including phenoxy) is 1. The molecule has 0 aliphatic carbocycles. The molecule has 1 aromatic heterocycles. The highest BCUT2D eigenvalue weighted by Gasteiger charge is 2.38. The first kappa shape index (κ1) is 26.5. The lowest BCUT2D eigenvalue weighted by Gasteiger charge is -2.08. The fourth-order valence-electron chi connectivity index (χ4n) is 2.00. The second-order valence-electron chi connectivity index (χ2n) is 5.84. The molecule has 1 aliphatic heterocycles. The number of hydrogen-bond acceptors (Lipinski definition) is 6. The van der Waals surface area contributed by atoms with E-state index in [1.54, 1.807) is 18.2 Å². The first-order valence-corrected chi connectivity index (χ1v) is 8.45. The first-order valence-electron chi connectivity index (χ1n) is 8.45. The van der Waals surface area contributed by atoms with E-state index in [0.717, 1.165) is 29.9 Å². The fraction of sp³-hybridized carbons (Fsp3) is 0.278. The van der Waals surface area contributed by atoms with Crippen molar-refractivity contribution >= 4 is 11.9 Å². The number of alkyl halides is 6. The maximum Gasteiger partial charge on any atom is 0.490 e. The highest BCUT2D eigenvalue weighted by molar-refractivity contribution is 5.73. The van der Waals surface area contributed by atoms with Crippen LogP contribution in [0.15, 0.2) is 36.4 Å². The average molecular weight is 470 g/mol. The van der Waals surface area contributed by atoms with E-state index in [-0.39, 0.29) is 5.75 Å². The number of carbonyl (C=O) groups is 2. The molecule has 0 bridgehead atoms. The number of halogens is 6. The van der Waals surface area contributed by atoms with Gasteiger partial charge in [0.25, 0.3) is 0 Å². The molecule has 0 saturated heterocycles. The third-order valence-electron chi connectivity index (χ3n) is 3.40. The molecule has 0 amide bonds. The van der Waals surface area contributed by atoms with Crippen molar-refractivity contribution in [1.82, 2.24) is 10.3 Å². The normalized spacial score (nSPS) is 13.1. The van der Waals surface area contributed by atoms with E-state index in [2.05, 4.69) is 10.3 Å². The number of aliphatic carboxylic acids is 2. The molecule has 176 valence electrons. The highest BCUT2D eigenvalue weighted by Crippen LogP contribution is 2.26. The molecule has 0 spiro atoms. The number of nitrogens with one attached hydrogen (secondary N) is 1. The van der Waals surface area contributed by atoms with Crippen LogP contribution in [-0.4, -0.2) is 57.7 Å². The summed E-state index contributed by atoms with van der Waals surface area (Å²) in [5.74, 6) is -4.59. The van der Waals surface area contributed by atoms with E-state index in [1.807, 2.05) is 18.2 Å². The van der Waals surface area contributed by atoms with Gasteiger partial charge in [0.15, 0.2) is 0 Å². The maximum atomic E-state index is 10.6. The van der Waals surface area contributed by atoms with Crippen LogP contribution in [0.3, 0.4) is 0 Å². The smallest absolute Gasteiger partial charge is 0.490 e. The van der Waals surface area contributed by atoms with Crippen LogP contribution in [-0.2, 0) is 16.1 Å². The molecule has 0 saturated carbocycles. The van der Waals surface area contributed by atoms with Crippen LogP contribution in [0.1, 0.15) is 5.56 Å². The predicted molar refractivity (Wildman–Crippen MR) is 95.9 cm³/mol. The van der Waals surface area contributed by atoms with E-state index >= 15 is 0 Å². The summed E-state index contributed by atoms with van der Waals surface area (Å²) in [5.41, 5.74) is 2.77. The number of fused-ring (bicyclic) bond motifs is 1. The molecule has 2 heterocycles. The quantitative estimate of drug-likeness (QED) is 0.468. The number of nitrogens with zero attached hydrogens (tertiary/aromatic N) is 1. The molecule has 0 atom stereocenters.